The molecule has 33 heavy (non-hydrogen) atoms. The molecule has 1 saturated heterocycles. The van der Waals surface area contributed by atoms with Crippen molar-refractivity contribution in [3.8, 4) is 5.88 Å². The number of nitrogens with zero attached hydrogens (tertiary/aromatic N) is 4. The fraction of sp³-hybridized carbons (Fsp3) is 0.320. The van der Waals surface area contributed by atoms with Crippen molar-refractivity contribution in [2.24, 2.45) is 4.99 Å². The summed E-state index contributed by atoms with van der Waals surface area (Å²) in [5.74, 6) is 1.74. The Hall–Kier alpha value is -3.81. The SMILES string of the molecule is CCNC(=NCc1ccnc(OCc2ccccc2)c1)N1CCN(C(=O)c2ccco2)CC1. The second-order valence-electron chi connectivity index (χ2n) is 7.70. The van der Waals surface area contributed by atoms with E-state index < -0.39 is 0 Å². The Kier molecular flexibility index (Phi) is 7.58. The molecule has 1 aliphatic rings. The topological polar surface area (TPSA) is 83.2 Å². The molecule has 1 aromatic carbocycles. The maximum atomic E-state index is 12.5. The molecule has 1 N–H and O–H groups in total. The van der Waals surface area contributed by atoms with Crippen LogP contribution in [0.2, 0.25) is 0 Å². The lowest BCUT2D eigenvalue weighted by Crippen LogP contribution is -2.53. The highest BCUT2D eigenvalue weighted by Gasteiger charge is 2.25. The molecular formula is C25H29N5O3. The minimum Gasteiger partial charge on any atom is -0.473 e. The van der Waals surface area contributed by atoms with Crippen LogP contribution >= 0.6 is 0 Å². The molecule has 1 fully saturated rings. The fourth-order valence-corrected chi connectivity index (χ4v) is 3.63. The van der Waals surface area contributed by atoms with Crippen molar-refractivity contribution in [3.05, 3.63) is 83.9 Å². The summed E-state index contributed by atoms with van der Waals surface area (Å²) in [6.07, 6.45) is 3.27. The predicted molar refractivity (Wildman–Crippen MR) is 126 cm³/mol. The van der Waals surface area contributed by atoms with Crippen LogP contribution in [0.4, 0.5) is 0 Å². The van der Waals surface area contributed by atoms with E-state index in [2.05, 4.69) is 15.2 Å². The van der Waals surface area contributed by atoms with Crippen molar-refractivity contribution >= 4 is 11.9 Å². The largest absolute Gasteiger partial charge is 0.473 e. The Labute approximate surface area is 193 Å². The summed E-state index contributed by atoms with van der Waals surface area (Å²) in [7, 11) is 0. The van der Waals surface area contributed by atoms with Gasteiger partial charge in [-0.1, -0.05) is 30.3 Å². The van der Waals surface area contributed by atoms with Crippen LogP contribution in [0.3, 0.4) is 0 Å². The molecule has 2 aromatic heterocycles. The van der Waals surface area contributed by atoms with Crippen molar-refractivity contribution < 1.29 is 13.9 Å². The zero-order chi connectivity index (χ0) is 22.9. The first kappa shape index (κ1) is 22.4. The molecule has 1 amide bonds. The van der Waals surface area contributed by atoms with Gasteiger partial charge in [-0.2, -0.15) is 0 Å². The van der Waals surface area contributed by atoms with E-state index >= 15 is 0 Å². The number of carbonyl (C=O) groups excluding carboxylic acids is 1. The second kappa shape index (κ2) is 11.2. The van der Waals surface area contributed by atoms with Crippen molar-refractivity contribution in [1.29, 1.82) is 0 Å². The molecule has 4 rings (SSSR count). The number of benzene rings is 1. The summed E-state index contributed by atoms with van der Waals surface area (Å²) in [6, 6.07) is 17.3. The van der Waals surface area contributed by atoms with Gasteiger partial charge in [0.15, 0.2) is 11.7 Å². The molecule has 0 saturated carbocycles. The third kappa shape index (κ3) is 6.12. The quantitative estimate of drug-likeness (QED) is 0.443. The van der Waals surface area contributed by atoms with Crippen LogP contribution in [0.25, 0.3) is 0 Å². The van der Waals surface area contributed by atoms with Gasteiger partial charge < -0.3 is 24.3 Å². The zero-order valence-corrected chi connectivity index (χ0v) is 18.8. The minimum absolute atomic E-state index is 0.0681. The van der Waals surface area contributed by atoms with E-state index in [1.54, 1.807) is 18.3 Å². The molecule has 0 atom stereocenters. The molecule has 0 bridgehead atoms. The molecule has 8 nitrogen and oxygen atoms in total. The van der Waals surface area contributed by atoms with Crippen molar-refractivity contribution in [1.82, 2.24) is 20.1 Å². The minimum atomic E-state index is -0.0681. The van der Waals surface area contributed by atoms with Crippen molar-refractivity contribution in [3.63, 3.8) is 0 Å². The summed E-state index contributed by atoms with van der Waals surface area (Å²) in [4.78, 5) is 25.6. The van der Waals surface area contributed by atoms with Gasteiger partial charge in [-0.15, -0.1) is 0 Å². The number of aromatic nitrogens is 1. The molecule has 0 spiro atoms. The van der Waals surface area contributed by atoms with Gasteiger partial charge in [-0.05, 0) is 36.2 Å². The van der Waals surface area contributed by atoms with Gasteiger partial charge in [-0.3, -0.25) is 4.79 Å². The predicted octanol–water partition coefficient (Wildman–Crippen LogP) is 3.18. The smallest absolute Gasteiger partial charge is 0.289 e. The van der Waals surface area contributed by atoms with Gasteiger partial charge in [0, 0.05) is 45.0 Å². The number of furan rings is 1. The highest BCUT2D eigenvalue weighted by Crippen LogP contribution is 2.14. The number of piperazine rings is 1. The number of ether oxygens (including phenoxy) is 1. The summed E-state index contributed by atoms with van der Waals surface area (Å²) in [6.45, 7) is 6.47. The van der Waals surface area contributed by atoms with E-state index in [0.717, 1.165) is 23.6 Å². The molecule has 0 unspecified atom stereocenters. The highest BCUT2D eigenvalue weighted by atomic mass is 16.5. The first-order chi connectivity index (χ1) is 16.2. The number of carbonyl (C=O) groups is 1. The van der Waals surface area contributed by atoms with Crippen LogP contribution in [-0.2, 0) is 13.2 Å². The lowest BCUT2D eigenvalue weighted by Gasteiger charge is -2.36. The maximum absolute atomic E-state index is 12.5. The summed E-state index contributed by atoms with van der Waals surface area (Å²) < 4.78 is 11.1. The molecule has 172 valence electrons. The number of hydrogen-bond donors (Lipinski definition) is 1. The maximum Gasteiger partial charge on any atom is 0.289 e. The van der Waals surface area contributed by atoms with Crippen LogP contribution in [0.15, 0.2) is 76.5 Å². The van der Waals surface area contributed by atoms with Crippen LogP contribution in [0.1, 0.15) is 28.6 Å². The zero-order valence-electron chi connectivity index (χ0n) is 18.8. The number of amides is 1. The van der Waals surface area contributed by atoms with Crippen LogP contribution in [0.5, 0.6) is 5.88 Å². The van der Waals surface area contributed by atoms with E-state index in [9.17, 15) is 4.79 Å². The lowest BCUT2D eigenvalue weighted by atomic mass is 10.2. The Morgan fingerprint density at radius 3 is 2.58 bits per heavy atom. The van der Waals surface area contributed by atoms with Crippen LogP contribution < -0.4 is 10.1 Å². The molecule has 3 heterocycles. The van der Waals surface area contributed by atoms with Crippen LogP contribution in [0, 0.1) is 0 Å². The normalized spacial score (nSPS) is 14.3. The van der Waals surface area contributed by atoms with E-state index in [-0.39, 0.29) is 5.91 Å². The third-order valence-electron chi connectivity index (χ3n) is 5.37. The number of nitrogens with one attached hydrogen (secondary N) is 1. The molecule has 0 aliphatic carbocycles. The van der Waals surface area contributed by atoms with E-state index in [1.807, 2.05) is 54.3 Å². The van der Waals surface area contributed by atoms with Gasteiger partial charge in [0.25, 0.3) is 5.91 Å². The average Bonchev–Trinajstić information content (AvgIpc) is 3.41. The van der Waals surface area contributed by atoms with E-state index in [4.69, 9.17) is 14.1 Å². The molecule has 0 radical (unpaired) electrons. The Balaban J connectivity index is 1.34. The average molecular weight is 448 g/mol. The highest BCUT2D eigenvalue weighted by molar-refractivity contribution is 5.91. The van der Waals surface area contributed by atoms with Gasteiger partial charge in [-0.25, -0.2) is 9.98 Å². The van der Waals surface area contributed by atoms with Gasteiger partial charge in [0.1, 0.15) is 6.61 Å². The number of guanidine groups is 1. The molecule has 3 aromatic rings. The monoisotopic (exact) mass is 447 g/mol. The standard InChI is InChI=1S/C25H29N5O3/c1-2-26-25(30-14-12-29(13-15-30)24(31)22-9-6-16-32-22)28-18-21-10-11-27-23(17-21)33-19-20-7-4-3-5-8-20/h3-11,16-17H,2,12-15,18-19H2,1H3,(H,26,28). The first-order valence-corrected chi connectivity index (χ1v) is 11.2. The number of rotatable bonds is 7. The molecule has 1 aliphatic heterocycles. The Morgan fingerprint density at radius 1 is 1.06 bits per heavy atom. The molecular weight excluding hydrogens is 418 g/mol. The summed E-state index contributed by atoms with van der Waals surface area (Å²) >= 11 is 0. The summed E-state index contributed by atoms with van der Waals surface area (Å²) in [5.41, 5.74) is 2.12. The van der Waals surface area contributed by atoms with E-state index in [0.29, 0.717) is 51.0 Å². The van der Waals surface area contributed by atoms with E-state index in [1.165, 1.54) is 6.26 Å². The number of hydrogen-bond acceptors (Lipinski definition) is 5. The molecule has 8 heteroatoms. The van der Waals surface area contributed by atoms with Gasteiger partial charge in [0.2, 0.25) is 5.88 Å². The van der Waals surface area contributed by atoms with Gasteiger partial charge >= 0.3 is 0 Å². The fourth-order valence-electron chi connectivity index (χ4n) is 3.63. The van der Waals surface area contributed by atoms with Crippen LogP contribution in [-0.4, -0.2) is 59.4 Å². The first-order valence-electron chi connectivity index (χ1n) is 11.2. The second-order valence-corrected chi connectivity index (χ2v) is 7.70. The Morgan fingerprint density at radius 2 is 1.85 bits per heavy atom. The van der Waals surface area contributed by atoms with Crippen molar-refractivity contribution in [2.75, 3.05) is 32.7 Å². The number of pyridine rings is 1. The lowest BCUT2D eigenvalue weighted by molar-refractivity contribution is 0.0657. The Bertz CT molecular complexity index is 1040. The van der Waals surface area contributed by atoms with Gasteiger partial charge in [0.05, 0.1) is 12.8 Å². The third-order valence-corrected chi connectivity index (χ3v) is 5.37. The number of aliphatic imine (C=N–C) groups is 1. The van der Waals surface area contributed by atoms with Crippen molar-refractivity contribution in [2.45, 2.75) is 20.1 Å². The summed E-state index contributed by atoms with van der Waals surface area (Å²) in [5, 5.41) is 3.36.